The van der Waals surface area contributed by atoms with Gasteiger partial charge in [-0.25, -0.2) is 0 Å². The lowest BCUT2D eigenvalue weighted by Crippen LogP contribution is -2.39. The summed E-state index contributed by atoms with van der Waals surface area (Å²) in [5.74, 6) is 1.35. The first-order valence-electron chi connectivity index (χ1n) is 7.34. The molecule has 0 aliphatic carbocycles. The van der Waals surface area contributed by atoms with Crippen LogP contribution in [0.5, 0.6) is 5.75 Å². The Labute approximate surface area is 131 Å². The van der Waals surface area contributed by atoms with Gasteiger partial charge in [0.2, 0.25) is 0 Å². The minimum absolute atomic E-state index is 0.0126. The molecule has 1 N–H and O–H groups in total. The summed E-state index contributed by atoms with van der Waals surface area (Å²) in [6.07, 6.45) is 0.0126. The van der Waals surface area contributed by atoms with Gasteiger partial charge in [-0.15, -0.1) is 0 Å². The van der Waals surface area contributed by atoms with Crippen LogP contribution in [0.3, 0.4) is 0 Å². The highest BCUT2D eigenvalue weighted by Crippen LogP contribution is 2.42. The molecule has 2 unspecified atom stereocenters. The van der Waals surface area contributed by atoms with Crippen LogP contribution < -0.4 is 10.1 Å². The van der Waals surface area contributed by atoms with Crippen molar-refractivity contribution in [2.45, 2.75) is 32.9 Å². The van der Waals surface area contributed by atoms with E-state index in [1.165, 1.54) is 5.56 Å². The number of ether oxygens (including phenoxy) is 1. The van der Waals surface area contributed by atoms with Crippen molar-refractivity contribution in [2.24, 2.45) is 5.92 Å². The number of hydrogen-bond donors (Lipinski definition) is 1. The first-order chi connectivity index (χ1) is 10.1. The van der Waals surface area contributed by atoms with E-state index in [1.54, 1.807) is 0 Å². The molecule has 0 spiro atoms. The summed E-state index contributed by atoms with van der Waals surface area (Å²) in [5, 5.41) is 4.36. The average Bonchev–Trinajstić information content (AvgIpc) is 2.46. The maximum absolute atomic E-state index is 6.36. The summed E-state index contributed by atoms with van der Waals surface area (Å²) >= 11 is 6.17. The Morgan fingerprint density at radius 2 is 1.86 bits per heavy atom. The van der Waals surface area contributed by atoms with E-state index >= 15 is 0 Å². The number of halogens is 1. The van der Waals surface area contributed by atoms with E-state index in [2.05, 4.69) is 43.4 Å². The Balaban J connectivity index is 2.04. The molecule has 0 fully saturated rings. The van der Waals surface area contributed by atoms with Gasteiger partial charge in [-0.3, -0.25) is 0 Å². The summed E-state index contributed by atoms with van der Waals surface area (Å²) in [6, 6.07) is 14.5. The Morgan fingerprint density at radius 3 is 2.52 bits per heavy atom. The molecule has 3 heteroatoms. The summed E-state index contributed by atoms with van der Waals surface area (Å²) in [5.41, 5.74) is 3.25. The molecule has 0 saturated carbocycles. The predicted octanol–water partition coefficient (Wildman–Crippen LogP) is 5.22. The third-order valence-electron chi connectivity index (χ3n) is 3.98. The van der Waals surface area contributed by atoms with Crippen LogP contribution in [0.4, 0.5) is 5.69 Å². The molecule has 3 rings (SSSR count). The fourth-order valence-corrected chi connectivity index (χ4v) is 3.16. The van der Waals surface area contributed by atoms with Crippen molar-refractivity contribution in [2.75, 3.05) is 5.32 Å². The van der Waals surface area contributed by atoms with Crippen LogP contribution in [0.2, 0.25) is 5.02 Å². The van der Waals surface area contributed by atoms with Crippen molar-refractivity contribution >= 4 is 17.3 Å². The van der Waals surface area contributed by atoms with Crippen molar-refractivity contribution in [3.8, 4) is 5.75 Å². The average molecular weight is 302 g/mol. The zero-order valence-electron chi connectivity index (χ0n) is 12.6. The monoisotopic (exact) mass is 301 g/mol. The lowest BCUT2D eigenvalue weighted by Gasteiger charge is -2.38. The summed E-state index contributed by atoms with van der Waals surface area (Å²) in [4.78, 5) is 0. The Hall–Kier alpha value is -1.67. The smallest absolute Gasteiger partial charge is 0.146 e. The molecule has 2 nitrogen and oxygen atoms in total. The number of aryl methyl sites for hydroxylation is 1. The largest absolute Gasteiger partial charge is 0.481 e. The van der Waals surface area contributed by atoms with Gasteiger partial charge in [-0.05, 0) is 36.1 Å². The van der Waals surface area contributed by atoms with Crippen LogP contribution in [0.15, 0.2) is 42.5 Å². The molecule has 0 amide bonds. The van der Waals surface area contributed by atoms with E-state index in [0.717, 1.165) is 22.0 Å². The fraction of sp³-hybridized carbons (Fsp3) is 0.333. The molecular formula is C18H20ClNO. The van der Waals surface area contributed by atoms with Crippen molar-refractivity contribution in [1.29, 1.82) is 0 Å². The minimum atomic E-state index is 0.0126. The third kappa shape index (κ3) is 2.73. The van der Waals surface area contributed by atoms with E-state index in [4.69, 9.17) is 16.3 Å². The molecule has 1 aliphatic rings. The van der Waals surface area contributed by atoms with Crippen molar-refractivity contribution in [3.05, 3.63) is 58.6 Å². The number of fused-ring (bicyclic) bond motifs is 1. The van der Waals surface area contributed by atoms with Crippen LogP contribution in [-0.2, 0) is 0 Å². The highest BCUT2D eigenvalue weighted by atomic mass is 35.5. The SMILES string of the molecule is Cc1cc(Cl)cc2c1OC(c1ccccc1)C(C(C)C)N2. The van der Waals surface area contributed by atoms with E-state index in [1.807, 2.05) is 25.1 Å². The van der Waals surface area contributed by atoms with Crippen LogP contribution in [-0.4, -0.2) is 6.04 Å². The van der Waals surface area contributed by atoms with Gasteiger partial charge in [0.25, 0.3) is 0 Å². The van der Waals surface area contributed by atoms with E-state index in [-0.39, 0.29) is 12.1 Å². The lowest BCUT2D eigenvalue weighted by atomic mass is 9.91. The molecule has 0 radical (unpaired) electrons. The van der Waals surface area contributed by atoms with E-state index < -0.39 is 0 Å². The van der Waals surface area contributed by atoms with Crippen molar-refractivity contribution < 1.29 is 4.74 Å². The maximum Gasteiger partial charge on any atom is 0.146 e. The van der Waals surface area contributed by atoms with Gasteiger partial charge < -0.3 is 10.1 Å². The Kier molecular flexibility index (Phi) is 3.81. The predicted molar refractivity (Wildman–Crippen MR) is 88.2 cm³/mol. The number of rotatable bonds is 2. The van der Waals surface area contributed by atoms with E-state index in [0.29, 0.717) is 5.92 Å². The van der Waals surface area contributed by atoms with Crippen LogP contribution >= 0.6 is 11.6 Å². The first-order valence-corrected chi connectivity index (χ1v) is 7.72. The van der Waals surface area contributed by atoms with Gasteiger partial charge in [0.05, 0.1) is 11.7 Å². The molecule has 2 atom stereocenters. The van der Waals surface area contributed by atoms with Gasteiger partial charge in [0, 0.05) is 5.02 Å². The minimum Gasteiger partial charge on any atom is -0.481 e. The molecule has 21 heavy (non-hydrogen) atoms. The highest BCUT2D eigenvalue weighted by molar-refractivity contribution is 6.31. The Morgan fingerprint density at radius 1 is 1.14 bits per heavy atom. The van der Waals surface area contributed by atoms with Gasteiger partial charge in [0.1, 0.15) is 11.9 Å². The highest BCUT2D eigenvalue weighted by Gasteiger charge is 2.33. The van der Waals surface area contributed by atoms with E-state index in [9.17, 15) is 0 Å². The number of anilines is 1. The molecule has 1 heterocycles. The van der Waals surface area contributed by atoms with Crippen molar-refractivity contribution in [3.63, 3.8) is 0 Å². The standard InChI is InChI=1S/C18H20ClNO/c1-11(2)16-18(13-7-5-4-6-8-13)21-17-12(3)9-14(19)10-15(17)20-16/h4-11,16,18,20H,1-3H3. The lowest BCUT2D eigenvalue weighted by molar-refractivity contribution is 0.148. The zero-order valence-corrected chi connectivity index (χ0v) is 13.3. The second-order valence-corrected chi connectivity index (χ2v) is 6.40. The summed E-state index contributed by atoms with van der Waals surface area (Å²) in [6.45, 7) is 6.45. The molecule has 2 aromatic rings. The molecule has 0 aromatic heterocycles. The molecule has 0 bridgehead atoms. The van der Waals surface area contributed by atoms with Crippen LogP contribution in [0, 0.1) is 12.8 Å². The van der Waals surface area contributed by atoms with Crippen LogP contribution in [0.25, 0.3) is 0 Å². The second-order valence-electron chi connectivity index (χ2n) is 5.96. The van der Waals surface area contributed by atoms with Gasteiger partial charge in [-0.1, -0.05) is 55.8 Å². The molecule has 0 saturated heterocycles. The number of nitrogens with one attached hydrogen (secondary N) is 1. The molecule has 1 aliphatic heterocycles. The topological polar surface area (TPSA) is 21.3 Å². The first kappa shape index (κ1) is 14.3. The fourth-order valence-electron chi connectivity index (χ4n) is 2.88. The van der Waals surface area contributed by atoms with Gasteiger partial charge in [0.15, 0.2) is 0 Å². The van der Waals surface area contributed by atoms with Crippen LogP contribution in [0.1, 0.15) is 31.1 Å². The normalized spacial score (nSPS) is 20.6. The number of hydrogen-bond acceptors (Lipinski definition) is 2. The van der Waals surface area contributed by atoms with Crippen molar-refractivity contribution in [1.82, 2.24) is 0 Å². The number of benzene rings is 2. The Bertz CT molecular complexity index is 639. The summed E-state index contributed by atoms with van der Waals surface area (Å²) < 4.78 is 6.36. The third-order valence-corrected chi connectivity index (χ3v) is 4.20. The zero-order chi connectivity index (χ0) is 15.0. The molecular weight excluding hydrogens is 282 g/mol. The second kappa shape index (κ2) is 5.61. The molecule has 110 valence electrons. The molecule has 2 aromatic carbocycles. The van der Waals surface area contributed by atoms with Gasteiger partial charge >= 0.3 is 0 Å². The maximum atomic E-state index is 6.36. The van der Waals surface area contributed by atoms with Gasteiger partial charge in [-0.2, -0.15) is 0 Å². The quantitative estimate of drug-likeness (QED) is 0.821. The summed E-state index contributed by atoms with van der Waals surface area (Å²) in [7, 11) is 0.